The molecular weight excluding hydrogens is 252 g/mol. The molecule has 0 amide bonds. The molecule has 3 rings (SSSR count). The normalized spacial score (nSPS) is 17.6. The minimum absolute atomic E-state index is 0.0222. The van der Waals surface area contributed by atoms with Crippen LogP contribution in [-0.2, 0) is 13.0 Å². The molecule has 0 spiro atoms. The predicted molar refractivity (Wildman–Crippen MR) is 78.7 cm³/mol. The number of H-pyrrole nitrogens is 1. The van der Waals surface area contributed by atoms with Crippen LogP contribution in [0.5, 0.6) is 0 Å². The molecule has 1 aliphatic carbocycles. The van der Waals surface area contributed by atoms with Gasteiger partial charge in [0, 0.05) is 23.0 Å². The first kappa shape index (κ1) is 12.9. The molecule has 0 fully saturated rings. The molecule has 1 aliphatic rings. The fourth-order valence-electron chi connectivity index (χ4n) is 2.84. The first-order valence-electron chi connectivity index (χ1n) is 6.95. The van der Waals surface area contributed by atoms with E-state index < -0.39 is 0 Å². The van der Waals surface area contributed by atoms with Crippen LogP contribution in [0, 0.1) is 0 Å². The van der Waals surface area contributed by atoms with Gasteiger partial charge < -0.3 is 15.4 Å². The second-order valence-electron chi connectivity index (χ2n) is 5.16. The minimum Gasteiger partial charge on any atom is -0.392 e. The molecule has 20 heavy (non-hydrogen) atoms. The molecule has 1 atom stereocenters. The van der Waals surface area contributed by atoms with E-state index in [9.17, 15) is 9.90 Å². The molecule has 1 aromatic carbocycles. The average Bonchev–Trinajstić information content (AvgIpc) is 2.47. The maximum Gasteiger partial charge on any atom is 0.248 e. The van der Waals surface area contributed by atoms with Crippen LogP contribution in [0.4, 0.5) is 5.69 Å². The number of rotatable bonds is 3. The van der Waals surface area contributed by atoms with Crippen LogP contribution in [-0.4, -0.2) is 10.1 Å². The largest absolute Gasteiger partial charge is 0.392 e. The van der Waals surface area contributed by atoms with Gasteiger partial charge in [-0.1, -0.05) is 18.2 Å². The second kappa shape index (κ2) is 5.51. The molecule has 2 aromatic rings. The Hall–Kier alpha value is -2.07. The smallest absolute Gasteiger partial charge is 0.248 e. The SMILES string of the molecule is O=c1ccc2c([nH]1)CCCC2Nc1ccccc1CO. The number of aliphatic hydroxyl groups is 1. The van der Waals surface area contributed by atoms with Crippen LogP contribution in [0.3, 0.4) is 0 Å². The highest BCUT2D eigenvalue weighted by Gasteiger charge is 2.21. The molecule has 4 nitrogen and oxygen atoms in total. The maximum atomic E-state index is 11.4. The van der Waals surface area contributed by atoms with Crippen molar-refractivity contribution < 1.29 is 5.11 Å². The minimum atomic E-state index is -0.0415. The Morgan fingerprint density at radius 2 is 2.10 bits per heavy atom. The number of hydrogen-bond donors (Lipinski definition) is 3. The molecule has 1 unspecified atom stereocenters. The van der Waals surface area contributed by atoms with Crippen LogP contribution in [0.1, 0.15) is 35.7 Å². The zero-order chi connectivity index (χ0) is 13.9. The van der Waals surface area contributed by atoms with Crippen molar-refractivity contribution in [3.05, 3.63) is 63.6 Å². The zero-order valence-corrected chi connectivity index (χ0v) is 11.2. The fraction of sp³-hybridized carbons (Fsp3) is 0.312. The lowest BCUT2D eigenvalue weighted by molar-refractivity contribution is 0.282. The molecule has 4 heteroatoms. The van der Waals surface area contributed by atoms with Gasteiger partial charge in [0.1, 0.15) is 0 Å². The first-order valence-corrected chi connectivity index (χ1v) is 6.95. The highest BCUT2D eigenvalue weighted by atomic mass is 16.3. The van der Waals surface area contributed by atoms with Gasteiger partial charge in [0.05, 0.1) is 12.6 Å². The second-order valence-corrected chi connectivity index (χ2v) is 5.16. The number of nitrogens with one attached hydrogen (secondary N) is 2. The quantitative estimate of drug-likeness (QED) is 0.802. The third-order valence-corrected chi connectivity index (χ3v) is 3.85. The number of aryl methyl sites for hydroxylation is 1. The highest BCUT2D eigenvalue weighted by molar-refractivity contribution is 5.53. The van der Waals surface area contributed by atoms with Gasteiger partial charge in [0.15, 0.2) is 0 Å². The van der Waals surface area contributed by atoms with E-state index in [1.165, 1.54) is 0 Å². The molecule has 1 aromatic heterocycles. The van der Waals surface area contributed by atoms with E-state index >= 15 is 0 Å². The van der Waals surface area contributed by atoms with Crippen molar-refractivity contribution in [3.8, 4) is 0 Å². The average molecular weight is 270 g/mol. The summed E-state index contributed by atoms with van der Waals surface area (Å²) in [6.07, 6.45) is 3.00. The third-order valence-electron chi connectivity index (χ3n) is 3.85. The lowest BCUT2D eigenvalue weighted by atomic mass is 9.91. The number of hydrogen-bond acceptors (Lipinski definition) is 3. The Morgan fingerprint density at radius 3 is 2.95 bits per heavy atom. The molecule has 0 aliphatic heterocycles. The van der Waals surface area contributed by atoms with E-state index in [0.717, 1.165) is 41.8 Å². The lowest BCUT2D eigenvalue weighted by Gasteiger charge is -2.27. The Labute approximate surface area is 117 Å². The van der Waals surface area contributed by atoms with E-state index in [4.69, 9.17) is 0 Å². The Kier molecular flexibility index (Phi) is 3.56. The number of anilines is 1. The Balaban J connectivity index is 1.91. The Bertz CT molecular complexity index is 664. The van der Waals surface area contributed by atoms with Crippen molar-refractivity contribution in [1.29, 1.82) is 0 Å². The lowest BCUT2D eigenvalue weighted by Crippen LogP contribution is -2.22. The van der Waals surface area contributed by atoms with Gasteiger partial charge in [-0.15, -0.1) is 0 Å². The van der Waals surface area contributed by atoms with Crippen molar-refractivity contribution in [2.45, 2.75) is 31.9 Å². The summed E-state index contributed by atoms with van der Waals surface area (Å²) in [4.78, 5) is 14.3. The topological polar surface area (TPSA) is 65.1 Å². The summed E-state index contributed by atoms with van der Waals surface area (Å²) in [5.74, 6) is 0. The van der Waals surface area contributed by atoms with E-state index in [1.54, 1.807) is 6.07 Å². The number of pyridine rings is 1. The zero-order valence-electron chi connectivity index (χ0n) is 11.2. The number of benzene rings is 1. The summed E-state index contributed by atoms with van der Waals surface area (Å²) in [6, 6.07) is 11.4. The number of aliphatic hydroxyl groups excluding tert-OH is 1. The van der Waals surface area contributed by atoms with Crippen LogP contribution in [0.25, 0.3) is 0 Å². The van der Waals surface area contributed by atoms with Crippen molar-refractivity contribution in [2.75, 3.05) is 5.32 Å². The predicted octanol–water partition coefficient (Wildman–Crippen LogP) is 2.36. The molecule has 0 bridgehead atoms. The fourth-order valence-corrected chi connectivity index (χ4v) is 2.84. The molecular formula is C16H18N2O2. The molecule has 0 radical (unpaired) electrons. The Morgan fingerprint density at radius 1 is 1.25 bits per heavy atom. The van der Waals surface area contributed by atoms with Gasteiger partial charge in [0.2, 0.25) is 5.56 Å². The van der Waals surface area contributed by atoms with Crippen LogP contribution in [0.15, 0.2) is 41.2 Å². The van der Waals surface area contributed by atoms with Gasteiger partial charge in [-0.2, -0.15) is 0 Å². The molecule has 104 valence electrons. The van der Waals surface area contributed by atoms with Crippen molar-refractivity contribution in [1.82, 2.24) is 4.98 Å². The molecule has 3 N–H and O–H groups in total. The van der Waals surface area contributed by atoms with Crippen LogP contribution in [0.2, 0.25) is 0 Å². The van der Waals surface area contributed by atoms with Crippen molar-refractivity contribution in [3.63, 3.8) is 0 Å². The standard InChI is InChI=1S/C16H18N2O2/c19-10-11-4-1-2-5-13(11)17-14-6-3-7-15-12(14)8-9-16(20)18-15/h1-2,4-5,8-9,14,17,19H,3,6-7,10H2,(H,18,20). The number of aromatic nitrogens is 1. The summed E-state index contributed by atoms with van der Waals surface area (Å²) in [7, 11) is 0. The van der Waals surface area contributed by atoms with Gasteiger partial charge in [-0.3, -0.25) is 4.79 Å². The monoisotopic (exact) mass is 270 g/mol. The molecule has 0 saturated carbocycles. The number of para-hydroxylation sites is 1. The summed E-state index contributed by atoms with van der Waals surface area (Å²) in [6.45, 7) is 0.0222. The van der Waals surface area contributed by atoms with E-state index in [1.807, 2.05) is 30.3 Å². The van der Waals surface area contributed by atoms with Gasteiger partial charge in [-0.05, 0) is 37.0 Å². The maximum absolute atomic E-state index is 11.4. The van der Waals surface area contributed by atoms with Crippen molar-refractivity contribution >= 4 is 5.69 Å². The van der Waals surface area contributed by atoms with Crippen LogP contribution < -0.4 is 10.9 Å². The van der Waals surface area contributed by atoms with Crippen molar-refractivity contribution in [2.24, 2.45) is 0 Å². The summed E-state index contributed by atoms with van der Waals surface area (Å²) >= 11 is 0. The highest BCUT2D eigenvalue weighted by Crippen LogP contribution is 2.31. The van der Waals surface area contributed by atoms with Gasteiger partial charge >= 0.3 is 0 Å². The number of aromatic amines is 1. The summed E-state index contributed by atoms with van der Waals surface area (Å²) in [5.41, 5.74) is 3.99. The molecule has 0 saturated heterocycles. The van der Waals surface area contributed by atoms with Crippen LogP contribution >= 0.6 is 0 Å². The van der Waals surface area contributed by atoms with E-state index in [-0.39, 0.29) is 18.2 Å². The molecule has 1 heterocycles. The van der Waals surface area contributed by atoms with E-state index in [0.29, 0.717) is 0 Å². The first-order chi connectivity index (χ1) is 9.78. The van der Waals surface area contributed by atoms with E-state index in [2.05, 4.69) is 10.3 Å². The van der Waals surface area contributed by atoms with Gasteiger partial charge in [0.25, 0.3) is 0 Å². The summed E-state index contributed by atoms with van der Waals surface area (Å²) < 4.78 is 0. The third kappa shape index (κ3) is 2.47. The number of fused-ring (bicyclic) bond motifs is 1. The summed E-state index contributed by atoms with van der Waals surface area (Å²) in [5, 5.41) is 12.9. The van der Waals surface area contributed by atoms with Gasteiger partial charge in [-0.25, -0.2) is 0 Å².